The lowest BCUT2D eigenvalue weighted by Gasteiger charge is -2.08. The molecule has 3 nitrogen and oxygen atoms in total. The molecule has 0 aliphatic heterocycles. The zero-order valence-corrected chi connectivity index (χ0v) is 16.1. The van der Waals surface area contributed by atoms with E-state index in [1.807, 2.05) is 24.3 Å². The van der Waals surface area contributed by atoms with E-state index in [2.05, 4.69) is 70.2 Å². The molecule has 0 aliphatic carbocycles. The minimum absolute atomic E-state index is 0.594. The average Bonchev–Trinajstić information content (AvgIpc) is 3.33. The van der Waals surface area contributed by atoms with Gasteiger partial charge in [-0.3, -0.25) is 0 Å². The number of hydrogen-bond donors (Lipinski definition) is 0. The zero-order chi connectivity index (χ0) is 19.4. The Morgan fingerprint density at radius 3 is 2.07 bits per heavy atom. The van der Waals surface area contributed by atoms with Gasteiger partial charge in [0.2, 0.25) is 5.89 Å². The summed E-state index contributed by atoms with van der Waals surface area (Å²) in [5.41, 5.74) is 5.91. The van der Waals surface area contributed by atoms with E-state index >= 15 is 0 Å². The van der Waals surface area contributed by atoms with Crippen molar-refractivity contribution in [2.24, 2.45) is 0 Å². The molecule has 6 aromatic rings. The summed E-state index contributed by atoms with van der Waals surface area (Å²) in [5.74, 6) is 0.594. The minimum atomic E-state index is 0.594. The number of aromatic nitrogens is 2. The van der Waals surface area contributed by atoms with Crippen molar-refractivity contribution in [3.8, 4) is 17.1 Å². The molecule has 0 spiro atoms. The third-order valence-corrected chi connectivity index (χ3v) is 5.54. The van der Waals surface area contributed by atoms with E-state index in [9.17, 15) is 0 Å². The first kappa shape index (κ1) is 16.4. The van der Waals surface area contributed by atoms with Crippen molar-refractivity contribution in [3.63, 3.8) is 0 Å². The molecule has 0 radical (unpaired) electrons. The van der Waals surface area contributed by atoms with Crippen molar-refractivity contribution in [2.75, 3.05) is 0 Å². The molecule has 29 heavy (non-hydrogen) atoms. The van der Waals surface area contributed by atoms with E-state index in [4.69, 9.17) is 16.0 Å². The molecule has 138 valence electrons. The molecule has 0 bridgehead atoms. The number of oxazole rings is 1. The Hall–Kier alpha value is -3.56. The normalized spacial score (nSPS) is 11.6. The fourth-order valence-electron chi connectivity index (χ4n) is 3.98. The number of halogens is 1. The number of hydrogen-bond acceptors (Lipinski definition) is 2. The summed E-state index contributed by atoms with van der Waals surface area (Å²) in [4.78, 5) is 4.58. The Balaban J connectivity index is 1.50. The van der Waals surface area contributed by atoms with Gasteiger partial charge >= 0.3 is 0 Å². The molecule has 0 aliphatic rings. The summed E-state index contributed by atoms with van der Waals surface area (Å²) in [6, 6.07) is 30.8. The number of nitrogens with zero attached hydrogens (tertiary/aromatic N) is 2. The van der Waals surface area contributed by atoms with Crippen molar-refractivity contribution in [1.29, 1.82) is 0 Å². The van der Waals surface area contributed by atoms with Gasteiger partial charge in [-0.05, 0) is 48.5 Å². The lowest BCUT2D eigenvalue weighted by atomic mass is 10.2. The molecule has 0 amide bonds. The summed E-state index contributed by atoms with van der Waals surface area (Å²) in [6.07, 6.45) is 0. The number of fused-ring (bicyclic) bond motifs is 4. The van der Waals surface area contributed by atoms with Crippen LogP contribution in [0.5, 0.6) is 0 Å². The molecule has 0 unspecified atom stereocenters. The summed E-state index contributed by atoms with van der Waals surface area (Å²) >= 11 is 6.06. The van der Waals surface area contributed by atoms with Crippen LogP contribution in [-0.2, 0) is 0 Å². The van der Waals surface area contributed by atoms with Crippen molar-refractivity contribution in [1.82, 2.24) is 9.55 Å². The SMILES string of the molecule is Clc1ccc2nc(-c3ccc(-n4c5ccccc5c5ccccc54)cc3)oc2c1. The standard InChI is InChI=1S/C25H15ClN2O/c26-17-11-14-21-24(15-17)29-25(27-21)16-9-12-18(13-10-16)28-22-7-3-1-5-19(22)20-6-2-4-8-23(20)28/h1-15H. The molecule has 2 aromatic heterocycles. The Morgan fingerprint density at radius 2 is 1.38 bits per heavy atom. The summed E-state index contributed by atoms with van der Waals surface area (Å²) in [5, 5.41) is 3.15. The minimum Gasteiger partial charge on any atom is -0.436 e. The maximum atomic E-state index is 6.06. The Morgan fingerprint density at radius 1 is 0.724 bits per heavy atom. The third-order valence-electron chi connectivity index (χ3n) is 5.30. The van der Waals surface area contributed by atoms with E-state index in [0.717, 1.165) is 16.8 Å². The van der Waals surface area contributed by atoms with Gasteiger partial charge in [-0.15, -0.1) is 0 Å². The smallest absolute Gasteiger partial charge is 0.227 e. The van der Waals surface area contributed by atoms with Crippen LogP contribution in [0.2, 0.25) is 5.02 Å². The molecule has 4 aromatic carbocycles. The number of benzene rings is 4. The van der Waals surface area contributed by atoms with Crippen LogP contribution >= 0.6 is 11.6 Å². The fraction of sp³-hybridized carbons (Fsp3) is 0. The largest absolute Gasteiger partial charge is 0.436 e. The highest BCUT2D eigenvalue weighted by Crippen LogP contribution is 2.33. The summed E-state index contributed by atoms with van der Waals surface area (Å²) < 4.78 is 8.20. The van der Waals surface area contributed by atoms with Crippen LogP contribution in [0, 0.1) is 0 Å². The second kappa shape index (κ2) is 6.23. The van der Waals surface area contributed by atoms with Gasteiger partial charge < -0.3 is 8.98 Å². The molecule has 4 heteroatoms. The van der Waals surface area contributed by atoms with Gasteiger partial charge in [0.25, 0.3) is 0 Å². The Kier molecular flexibility index (Phi) is 3.52. The third kappa shape index (κ3) is 2.55. The topological polar surface area (TPSA) is 31.0 Å². The first-order valence-electron chi connectivity index (χ1n) is 9.43. The molecule has 0 fully saturated rings. The maximum absolute atomic E-state index is 6.06. The first-order valence-corrected chi connectivity index (χ1v) is 9.81. The highest BCUT2D eigenvalue weighted by atomic mass is 35.5. The van der Waals surface area contributed by atoms with Crippen LogP contribution in [-0.4, -0.2) is 9.55 Å². The first-order chi connectivity index (χ1) is 14.3. The van der Waals surface area contributed by atoms with Gasteiger partial charge in [0.05, 0.1) is 11.0 Å². The molecule has 0 N–H and O–H groups in total. The van der Waals surface area contributed by atoms with Crippen molar-refractivity contribution in [3.05, 3.63) is 96.0 Å². The predicted octanol–water partition coefficient (Wildman–Crippen LogP) is 7.25. The number of para-hydroxylation sites is 2. The highest BCUT2D eigenvalue weighted by molar-refractivity contribution is 6.31. The van der Waals surface area contributed by atoms with Gasteiger partial charge in [-0.2, -0.15) is 0 Å². The van der Waals surface area contributed by atoms with Crippen LogP contribution in [0.15, 0.2) is 95.4 Å². The van der Waals surface area contributed by atoms with E-state index in [-0.39, 0.29) is 0 Å². The molecule has 0 saturated carbocycles. The van der Waals surface area contributed by atoms with Crippen molar-refractivity contribution < 1.29 is 4.42 Å². The molecule has 0 saturated heterocycles. The number of rotatable bonds is 2. The molecular weight excluding hydrogens is 380 g/mol. The Bertz CT molecular complexity index is 1460. The van der Waals surface area contributed by atoms with E-state index in [1.165, 1.54) is 21.8 Å². The van der Waals surface area contributed by atoms with Gasteiger partial charge in [0.1, 0.15) is 5.52 Å². The molecule has 6 rings (SSSR count). The fourth-order valence-corrected chi connectivity index (χ4v) is 4.14. The highest BCUT2D eigenvalue weighted by Gasteiger charge is 2.13. The van der Waals surface area contributed by atoms with E-state index < -0.39 is 0 Å². The zero-order valence-electron chi connectivity index (χ0n) is 15.3. The van der Waals surface area contributed by atoms with Crippen molar-refractivity contribution in [2.45, 2.75) is 0 Å². The lowest BCUT2D eigenvalue weighted by molar-refractivity contribution is 0.620. The second-order valence-corrected chi connectivity index (χ2v) is 7.48. The van der Waals surface area contributed by atoms with Crippen LogP contribution < -0.4 is 0 Å². The van der Waals surface area contributed by atoms with Gasteiger partial charge in [-0.25, -0.2) is 4.98 Å². The van der Waals surface area contributed by atoms with E-state index in [0.29, 0.717) is 16.5 Å². The predicted molar refractivity (Wildman–Crippen MR) is 119 cm³/mol. The summed E-state index contributed by atoms with van der Waals surface area (Å²) in [6.45, 7) is 0. The van der Waals surface area contributed by atoms with Gasteiger partial charge in [-0.1, -0.05) is 48.0 Å². The van der Waals surface area contributed by atoms with Gasteiger partial charge in [0.15, 0.2) is 5.58 Å². The molecule has 0 atom stereocenters. The molecule has 2 heterocycles. The van der Waals surface area contributed by atoms with Crippen LogP contribution in [0.4, 0.5) is 0 Å². The lowest BCUT2D eigenvalue weighted by Crippen LogP contribution is -1.93. The van der Waals surface area contributed by atoms with Crippen LogP contribution in [0.25, 0.3) is 50.0 Å². The monoisotopic (exact) mass is 394 g/mol. The van der Waals surface area contributed by atoms with E-state index in [1.54, 1.807) is 6.07 Å². The summed E-state index contributed by atoms with van der Waals surface area (Å²) in [7, 11) is 0. The molecular formula is C25H15ClN2O. The Labute approximate surface area is 171 Å². The van der Waals surface area contributed by atoms with Gasteiger partial charge in [0, 0.05) is 33.1 Å². The van der Waals surface area contributed by atoms with Crippen LogP contribution in [0.3, 0.4) is 0 Å². The average molecular weight is 395 g/mol. The van der Waals surface area contributed by atoms with Crippen LogP contribution in [0.1, 0.15) is 0 Å². The second-order valence-electron chi connectivity index (χ2n) is 7.05. The quantitative estimate of drug-likeness (QED) is 0.310. The van der Waals surface area contributed by atoms with Crippen molar-refractivity contribution >= 4 is 44.5 Å². The maximum Gasteiger partial charge on any atom is 0.227 e.